The third-order valence-corrected chi connectivity index (χ3v) is 2.21. The maximum Gasteiger partial charge on any atom is 0.0161 e. The van der Waals surface area contributed by atoms with E-state index in [0.29, 0.717) is 12.0 Å². The molecular formula is C12H24N2. The first kappa shape index (κ1) is 13.4. The maximum absolute atomic E-state index is 3.72. The van der Waals surface area contributed by atoms with E-state index in [1.165, 1.54) is 0 Å². The molecule has 0 rings (SSSR count). The van der Waals surface area contributed by atoms with Crippen LogP contribution in [0.3, 0.4) is 0 Å². The Balaban J connectivity index is 3.38. The first-order chi connectivity index (χ1) is 6.70. The summed E-state index contributed by atoms with van der Waals surface area (Å²) in [5.74, 6) is 0.607. The Hall–Kier alpha value is -0.600. The van der Waals surface area contributed by atoms with Gasteiger partial charge in [-0.1, -0.05) is 25.2 Å². The van der Waals surface area contributed by atoms with Gasteiger partial charge in [0.05, 0.1) is 0 Å². The number of hydrogen-bond acceptors (Lipinski definition) is 2. The van der Waals surface area contributed by atoms with Crippen LogP contribution in [0.5, 0.6) is 0 Å². The van der Waals surface area contributed by atoms with E-state index < -0.39 is 0 Å². The Morgan fingerprint density at radius 1 is 1.36 bits per heavy atom. The second kappa shape index (κ2) is 8.97. The van der Waals surface area contributed by atoms with E-state index >= 15 is 0 Å². The van der Waals surface area contributed by atoms with Crippen LogP contribution in [0.15, 0.2) is 24.8 Å². The van der Waals surface area contributed by atoms with Crippen molar-refractivity contribution < 1.29 is 0 Å². The predicted molar refractivity (Wildman–Crippen MR) is 64.5 cm³/mol. The average Bonchev–Trinajstić information content (AvgIpc) is 2.17. The summed E-state index contributed by atoms with van der Waals surface area (Å²) in [5, 5.41) is 6.54. The third kappa shape index (κ3) is 8.02. The van der Waals surface area contributed by atoms with Crippen LogP contribution in [-0.2, 0) is 0 Å². The molecule has 0 aliphatic rings. The minimum absolute atomic E-state index is 0.536. The molecule has 2 heteroatoms. The molecule has 0 spiro atoms. The third-order valence-electron chi connectivity index (χ3n) is 2.21. The standard InChI is InChI=1S/C12H24N2/c1-5-7-11(2)8-6-9-14-10-12(3)13-4/h5-6,8,11-14H,1,7,9-10H2,2-4H3/b8-6-. The summed E-state index contributed by atoms with van der Waals surface area (Å²) in [5.41, 5.74) is 0. The van der Waals surface area contributed by atoms with Crippen molar-refractivity contribution in [3.05, 3.63) is 24.8 Å². The fourth-order valence-corrected chi connectivity index (χ4v) is 1.13. The van der Waals surface area contributed by atoms with Gasteiger partial charge in [0.25, 0.3) is 0 Å². The minimum atomic E-state index is 0.536. The summed E-state index contributed by atoms with van der Waals surface area (Å²) in [4.78, 5) is 0. The van der Waals surface area contributed by atoms with E-state index in [1.54, 1.807) is 0 Å². The van der Waals surface area contributed by atoms with Crippen molar-refractivity contribution in [2.45, 2.75) is 26.3 Å². The van der Waals surface area contributed by atoms with Crippen LogP contribution in [-0.4, -0.2) is 26.2 Å². The van der Waals surface area contributed by atoms with E-state index in [4.69, 9.17) is 0 Å². The molecule has 0 bridgehead atoms. The number of rotatable bonds is 8. The fourth-order valence-electron chi connectivity index (χ4n) is 1.13. The van der Waals surface area contributed by atoms with Crippen LogP contribution in [0.1, 0.15) is 20.3 Å². The zero-order valence-corrected chi connectivity index (χ0v) is 9.72. The fraction of sp³-hybridized carbons (Fsp3) is 0.667. The Morgan fingerprint density at radius 2 is 2.07 bits per heavy atom. The van der Waals surface area contributed by atoms with E-state index in [0.717, 1.165) is 19.5 Å². The van der Waals surface area contributed by atoms with Gasteiger partial charge in [0.1, 0.15) is 0 Å². The first-order valence-electron chi connectivity index (χ1n) is 5.36. The molecule has 2 N–H and O–H groups in total. The Morgan fingerprint density at radius 3 is 2.64 bits per heavy atom. The molecule has 0 aromatic rings. The second-order valence-electron chi connectivity index (χ2n) is 3.78. The Bertz CT molecular complexity index is 164. The highest BCUT2D eigenvalue weighted by atomic mass is 14.9. The molecule has 0 fully saturated rings. The molecule has 0 aliphatic heterocycles. The molecule has 0 radical (unpaired) electrons. The first-order valence-corrected chi connectivity index (χ1v) is 5.36. The van der Waals surface area contributed by atoms with Gasteiger partial charge in [0, 0.05) is 19.1 Å². The molecule has 2 unspecified atom stereocenters. The zero-order chi connectivity index (χ0) is 10.8. The van der Waals surface area contributed by atoms with Crippen LogP contribution >= 0.6 is 0 Å². The lowest BCUT2D eigenvalue weighted by molar-refractivity contribution is 0.559. The molecule has 0 amide bonds. The molecule has 0 aromatic carbocycles. The van der Waals surface area contributed by atoms with Gasteiger partial charge >= 0.3 is 0 Å². The molecule has 0 aliphatic carbocycles. The Kier molecular flexibility index (Phi) is 8.59. The van der Waals surface area contributed by atoms with Crippen molar-refractivity contribution in [2.24, 2.45) is 5.92 Å². The van der Waals surface area contributed by atoms with Gasteiger partial charge in [-0.05, 0) is 26.3 Å². The van der Waals surface area contributed by atoms with Gasteiger partial charge in [0.2, 0.25) is 0 Å². The van der Waals surface area contributed by atoms with Gasteiger partial charge in [-0.3, -0.25) is 0 Å². The smallest absolute Gasteiger partial charge is 0.0161 e. The summed E-state index contributed by atoms with van der Waals surface area (Å²) < 4.78 is 0. The molecule has 82 valence electrons. The van der Waals surface area contributed by atoms with Crippen LogP contribution in [0.4, 0.5) is 0 Å². The van der Waals surface area contributed by atoms with Gasteiger partial charge in [-0.15, -0.1) is 6.58 Å². The van der Waals surface area contributed by atoms with Gasteiger partial charge in [-0.2, -0.15) is 0 Å². The molecule has 2 atom stereocenters. The second-order valence-corrected chi connectivity index (χ2v) is 3.78. The SMILES string of the molecule is C=CCC(C)/C=C\CNCC(C)NC. The highest BCUT2D eigenvalue weighted by molar-refractivity contribution is 4.90. The van der Waals surface area contributed by atoms with E-state index in [1.807, 2.05) is 13.1 Å². The summed E-state index contributed by atoms with van der Waals surface area (Å²) in [6.07, 6.45) is 7.45. The molecular weight excluding hydrogens is 172 g/mol. The van der Waals surface area contributed by atoms with E-state index in [2.05, 4.69) is 43.2 Å². The number of allylic oxidation sites excluding steroid dienone is 2. The molecule has 14 heavy (non-hydrogen) atoms. The van der Waals surface area contributed by atoms with Crippen molar-refractivity contribution in [3.63, 3.8) is 0 Å². The van der Waals surface area contributed by atoms with Crippen molar-refractivity contribution in [2.75, 3.05) is 20.1 Å². The van der Waals surface area contributed by atoms with Crippen LogP contribution in [0.25, 0.3) is 0 Å². The largest absolute Gasteiger partial charge is 0.316 e. The van der Waals surface area contributed by atoms with Crippen molar-refractivity contribution >= 4 is 0 Å². The highest BCUT2D eigenvalue weighted by Gasteiger charge is 1.94. The summed E-state index contributed by atoms with van der Waals surface area (Å²) >= 11 is 0. The van der Waals surface area contributed by atoms with Crippen LogP contribution < -0.4 is 10.6 Å². The monoisotopic (exact) mass is 196 g/mol. The van der Waals surface area contributed by atoms with Crippen molar-refractivity contribution in [3.8, 4) is 0 Å². The molecule has 0 saturated heterocycles. The summed E-state index contributed by atoms with van der Waals surface area (Å²) in [6, 6.07) is 0.536. The molecule has 2 nitrogen and oxygen atoms in total. The zero-order valence-electron chi connectivity index (χ0n) is 9.72. The number of likely N-dealkylation sites (N-methyl/N-ethyl adjacent to an activating group) is 1. The molecule has 0 heterocycles. The average molecular weight is 196 g/mol. The van der Waals surface area contributed by atoms with E-state index in [9.17, 15) is 0 Å². The minimum Gasteiger partial charge on any atom is -0.316 e. The van der Waals surface area contributed by atoms with Gasteiger partial charge < -0.3 is 10.6 Å². The van der Waals surface area contributed by atoms with Crippen LogP contribution in [0, 0.1) is 5.92 Å². The summed E-state index contributed by atoms with van der Waals surface area (Å²) in [7, 11) is 1.98. The molecule has 0 saturated carbocycles. The normalized spacial score (nSPS) is 15.6. The maximum atomic E-state index is 3.72. The van der Waals surface area contributed by atoms with Crippen LogP contribution in [0.2, 0.25) is 0 Å². The molecule has 0 aromatic heterocycles. The van der Waals surface area contributed by atoms with Gasteiger partial charge in [0.15, 0.2) is 0 Å². The number of hydrogen-bond donors (Lipinski definition) is 2. The van der Waals surface area contributed by atoms with Crippen molar-refractivity contribution in [1.29, 1.82) is 0 Å². The predicted octanol–water partition coefficient (Wildman–Crippen LogP) is 1.95. The lowest BCUT2D eigenvalue weighted by Crippen LogP contribution is -2.33. The highest BCUT2D eigenvalue weighted by Crippen LogP contribution is 2.02. The van der Waals surface area contributed by atoms with Crippen molar-refractivity contribution in [1.82, 2.24) is 10.6 Å². The quantitative estimate of drug-likeness (QED) is 0.458. The lowest BCUT2D eigenvalue weighted by atomic mass is 10.1. The van der Waals surface area contributed by atoms with Gasteiger partial charge in [-0.25, -0.2) is 0 Å². The number of nitrogens with one attached hydrogen (secondary N) is 2. The van der Waals surface area contributed by atoms with E-state index in [-0.39, 0.29) is 0 Å². The Labute approximate surface area is 88.5 Å². The summed E-state index contributed by atoms with van der Waals surface area (Å²) in [6.45, 7) is 10.1. The topological polar surface area (TPSA) is 24.1 Å². The lowest BCUT2D eigenvalue weighted by Gasteiger charge is -2.09.